The Morgan fingerprint density at radius 2 is 0.425 bits per heavy atom. The van der Waals surface area contributed by atoms with E-state index in [0.717, 1.165) is 0 Å². The molecule has 0 saturated carbocycles. The van der Waals surface area contributed by atoms with Crippen LogP contribution in [0.25, 0.3) is 0 Å². The smallest absolute Gasteiger partial charge is 0.0784 e. The van der Waals surface area contributed by atoms with Crippen LogP contribution in [-0.4, -0.2) is 36.6 Å². The minimum absolute atomic E-state index is 0. The third-order valence-corrected chi connectivity index (χ3v) is 9.15. The molecular weight excluding hydrogens is 510 g/mol. The second kappa shape index (κ2) is 37.2. The zero-order chi connectivity index (χ0) is 27.8. The summed E-state index contributed by atoms with van der Waals surface area (Å²) in [5.41, 5.74) is 0. The zero-order valence-electron chi connectivity index (χ0n) is 28.7. The first-order valence-corrected chi connectivity index (χ1v) is 18.5. The van der Waals surface area contributed by atoms with E-state index in [9.17, 15) is 0 Å². The molecule has 0 aliphatic heterocycles. The Balaban J connectivity index is -0.00000684. The van der Waals surface area contributed by atoms with E-state index >= 15 is 0 Å². The maximum absolute atomic E-state index is 2.61. The average Bonchev–Trinajstić information content (AvgIpc) is 2.92. The third kappa shape index (κ3) is 34.4. The summed E-state index contributed by atoms with van der Waals surface area (Å²) in [7, 11) is 2.61. The number of hydrogen-bond donors (Lipinski definition) is 0. The van der Waals surface area contributed by atoms with Crippen LogP contribution in [0.15, 0.2) is 0 Å². The second-order valence-corrected chi connectivity index (χ2v) is 13.3. The Kier molecular flexibility index (Phi) is 41.6. The maximum Gasteiger partial charge on any atom is 0.0784 e. The van der Waals surface area contributed by atoms with E-state index in [4.69, 9.17) is 0 Å². The molecule has 0 rings (SSSR count). The Bertz CT molecular complexity index is 371. The van der Waals surface area contributed by atoms with Gasteiger partial charge in [0, 0.05) is 0 Å². The molecule has 0 amide bonds. The lowest BCUT2D eigenvalue weighted by Gasteiger charge is -2.35. The van der Waals surface area contributed by atoms with Crippen LogP contribution in [0.4, 0.5) is 0 Å². The highest BCUT2D eigenvalue weighted by Gasteiger charge is 2.20. The highest BCUT2D eigenvalue weighted by atomic mass is 35.5. The lowest BCUT2D eigenvalue weighted by Crippen LogP contribution is -3.00. The van der Waals surface area contributed by atoms with Crippen molar-refractivity contribution < 1.29 is 22.4 Å². The summed E-state index contributed by atoms with van der Waals surface area (Å²) in [5.74, 6) is 0. The van der Waals surface area contributed by atoms with Crippen molar-refractivity contribution in [2.24, 2.45) is 0 Å². The second-order valence-electron chi connectivity index (χ2n) is 13.3. The van der Waals surface area contributed by atoms with E-state index < -0.39 is 0 Å². The summed E-state index contributed by atoms with van der Waals surface area (Å²) < 4.78 is 1.37. The minimum atomic E-state index is 0. The van der Waals surface area contributed by atoms with E-state index in [1.807, 2.05) is 0 Å². The molecule has 0 aliphatic carbocycles. The van der Waals surface area contributed by atoms with Crippen molar-refractivity contribution in [1.82, 2.24) is 0 Å². The Hall–Kier alpha value is 0.210. The van der Waals surface area contributed by atoms with Crippen LogP contribution in [-0.2, 0) is 0 Å². The first-order valence-electron chi connectivity index (χ1n) is 18.5. The molecule has 0 aliphatic rings. The van der Waals surface area contributed by atoms with Gasteiger partial charge in [-0.2, -0.15) is 0 Å². The Morgan fingerprint density at radius 3 is 0.600 bits per heavy atom. The van der Waals surface area contributed by atoms with Gasteiger partial charge in [0.05, 0.1) is 26.7 Å². The van der Waals surface area contributed by atoms with E-state index in [2.05, 4.69) is 27.8 Å². The van der Waals surface area contributed by atoms with Crippen molar-refractivity contribution in [3.63, 3.8) is 0 Å². The van der Waals surface area contributed by atoms with Crippen LogP contribution in [0.2, 0.25) is 0 Å². The van der Waals surface area contributed by atoms with Crippen molar-refractivity contribution in [2.45, 2.75) is 213 Å². The average molecular weight is 591 g/mol. The molecular formula is C37H80ClNO. The SMILES string of the molecule is CCCCCCCCCCCC[N+](C)(CCCCCCCCCCCC)CCCCCCCCCCCC.O.[Cl-]. The van der Waals surface area contributed by atoms with Crippen molar-refractivity contribution in [2.75, 3.05) is 26.7 Å². The monoisotopic (exact) mass is 590 g/mol. The molecule has 3 heteroatoms. The number of quaternary nitrogens is 1. The van der Waals surface area contributed by atoms with Gasteiger partial charge < -0.3 is 22.4 Å². The highest BCUT2D eigenvalue weighted by molar-refractivity contribution is 4.53. The fourth-order valence-electron chi connectivity index (χ4n) is 6.28. The number of rotatable bonds is 33. The van der Waals surface area contributed by atoms with Gasteiger partial charge in [0.25, 0.3) is 0 Å². The van der Waals surface area contributed by atoms with E-state index in [-0.39, 0.29) is 17.9 Å². The molecule has 0 fully saturated rings. The van der Waals surface area contributed by atoms with Crippen LogP contribution < -0.4 is 12.4 Å². The number of nitrogens with zero attached hydrogens (tertiary/aromatic N) is 1. The van der Waals surface area contributed by atoms with Crippen LogP contribution in [0.1, 0.15) is 213 Å². The van der Waals surface area contributed by atoms with Gasteiger partial charge in [-0.15, -0.1) is 0 Å². The minimum Gasteiger partial charge on any atom is -1.00 e. The molecule has 0 heterocycles. The molecule has 0 aromatic rings. The van der Waals surface area contributed by atoms with Crippen molar-refractivity contribution in [3.8, 4) is 0 Å². The Labute approximate surface area is 261 Å². The Morgan fingerprint density at radius 1 is 0.275 bits per heavy atom. The number of unbranched alkanes of at least 4 members (excludes halogenated alkanes) is 27. The molecule has 0 aromatic heterocycles. The molecule has 0 radical (unpaired) electrons. The van der Waals surface area contributed by atoms with Crippen LogP contribution >= 0.6 is 0 Å². The summed E-state index contributed by atoms with van der Waals surface area (Å²) in [5, 5.41) is 0. The van der Waals surface area contributed by atoms with Crippen molar-refractivity contribution in [1.29, 1.82) is 0 Å². The fourth-order valence-corrected chi connectivity index (χ4v) is 6.28. The molecule has 0 unspecified atom stereocenters. The van der Waals surface area contributed by atoms with Gasteiger partial charge in [-0.3, -0.25) is 0 Å². The maximum atomic E-state index is 2.61. The van der Waals surface area contributed by atoms with Crippen molar-refractivity contribution in [3.05, 3.63) is 0 Å². The largest absolute Gasteiger partial charge is 1.00 e. The first kappa shape index (κ1) is 44.6. The molecule has 246 valence electrons. The van der Waals surface area contributed by atoms with Gasteiger partial charge in [0.15, 0.2) is 0 Å². The van der Waals surface area contributed by atoms with Gasteiger partial charge in [0.1, 0.15) is 0 Å². The van der Waals surface area contributed by atoms with Crippen LogP contribution in [0, 0.1) is 0 Å². The summed E-state index contributed by atoms with van der Waals surface area (Å²) in [6.45, 7) is 11.3. The van der Waals surface area contributed by atoms with Crippen LogP contribution in [0.5, 0.6) is 0 Å². The molecule has 0 atom stereocenters. The quantitative estimate of drug-likeness (QED) is 0.0539. The molecule has 2 N–H and O–H groups in total. The van der Waals surface area contributed by atoms with Gasteiger partial charge in [-0.25, -0.2) is 0 Å². The topological polar surface area (TPSA) is 31.5 Å². The summed E-state index contributed by atoms with van der Waals surface area (Å²) in [6, 6.07) is 0. The summed E-state index contributed by atoms with van der Waals surface area (Å²) >= 11 is 0. The first-order chi connectivity index (χ1) is 18.7. The van der Waals surface area contributed by atoms with E-state index in [1.54, 1.807) is 0 Å². The zero-order valence-corrected chi connectivity index (χ0v) is 29.4. The molecule has 0 spiro atoms. The molecule has 0 aromatic carbocycles. The summed E-state index contributed by atoms with van der Waals surface area (Å²) in [4.78, 5) is 0. The van der Waals surface area contributed by atoms with Gasteiger partial charge in [0.2, 0.25) is 0 Å². The summed E-state index contributed by atoms with van der Waals surface area (Å²) in [6.07, 6.45) is 43.8. The van der Waals surface area contributed by atoms with Gasteiger partial charge >= 0.3 is 0 Å². The molecule has 2 nitrogen and oxygen atoms in total. The standard InChI is InChI=1S/C37H78N.ClH.H2O/c1-5-8-11-14-17-20-23-26-29-32-35-38(4,36-33-30-27-24-21-18-15-12-9-6-2)37-34-31-28-25-22-19-16-13-10-7-3;;/h5-37H2,1-4H3;1H;1H2/q+1;;/p-1. The van der Waals surface area contributed by atoms with Crippen LogP contribution in [0.3, 0.4) is 0 Å². The highest BCUT2D eigenvalue weighted by Crippen LogP contribution is 2.18. The van der Waals surface area contributed by atoms with Gasteiger partial charge in [-0.05, 0) is 38.5 Å². The van der Waals surface area contributed by atoms with E-state index in [1.165, 1.54) is 217 Å². The fraction of sp³-hybridized carbons (Fsp3) is 1.00. The predicted molar refractivity (Wildman–Crippen MR) is 180 cm³/mol. The van der Waals surface area contributed by atoms with Crippen molar-refractivity contribution >= 4 is 0 Å². The normalized spacial score (nSPS) is 11.4. The molecule has 0 bridgehead atoms. The molecule has 0 saturated heterocycles. The predicted octanol–water partition coefficient (Wildman–Crippen LogP) is 9.37. The van der Waals surface area contributed by atoms with E-state index in [0.29, 0.717) is 0 Å². The van der Waals surface area contributed by atoms with Gasteiger partial charge in [-0.1, -0.05) is 175 Å². The lowest BCUT2D eigenvalue weighted by molar-refractivity contribution is -0.910. The third-order valence-electron chi connectivity index (χ3n) is 9.15. The number of halogens is 1. The molecule has 40 heavy (non-hydrogen) atoms. The lowest BCUT2D eigenvalue weighted by atomic mass is 10.0. The number of hydrogen-bond acceptors (Lipinski definition) is 0.